The molecule has 0 saturated heterocycles. The van der Waals surface area contributed by atoms with Gasteiger partial charge in [-0.15, -0.1) is 0 Å². The molecule has 9 nitrogen and oxygen atoms in total. The second-order valence-electron chi connectivity index (χ2n) is 14.6. The van der Waals surface area contributed by atoms with E-state index in [1.165, 1.54) is 57.8 Å². The van der Waals surface area contributed by atoms with E-state index < -0.39 is 26.5 Å². The lowest BCUT2D eigenvalue weighted by molar-refractivity contribution is -0.870. The first-order valence-electron chi connectivity index (χ1n) is 20.5. The SMILES string of the molecule is CC/C=C\C/C=C\C/C=C\C/C=C\C/C=C\CCCC(=O)OC(COC(=O)CCCCCCCCCCCCCC)COP(=O)(O)OCC[N+](C)(C)C. The van der Waals surface area contributed by atoms with Crippen molar-refractivity contribution in [2.24, 2.45) is 0 Å². The number of esters is 2. The van der Waals surface area contributed by atoms with Crippen molar-refractivity contribution in [2.75, 3.05) is 47.5 Å². The van der Waals surface area contributed by atoms with Gasteiger partial charge in [0.15, 0.2) is 6.10 Å². The van der Waals surface area contributed by atoms with E-state index in [2.05, 4.69) is 68.5 Å². The van der Waals surface area contributed by atoms with Crippen LogP contribution in [0.4, 0.5) is 0 Å². The van der Waals surface area contributed by atoms with Crippen LogP contribution in [-0.4, -0.2) is 74.9 Å². The normalized spacial score (nSPS) is 14.3. The number of carbonyl (C=O) groups is 2. The Kier molecular flexibility index (Phi) is 33.9. The lowest BCUT2D eigenvalue weighted by Gasteiger charge is -2.24. The molecule has 2 atom stereocenters. The summed E-state index contributed by atoms with van der Waals surface area (Å²) in [4.78, 5) is 35.2. The van der Waals surface area contributed by atoms with Crippen molar-refractivity contribution in [1.82, 2.24) is 0 Å². The molecule has 0 rings (SSSR count). The molecule has 306 valence electrons. The van der Waals surface area contributed by atoms with Gasteiger partial charge in [-0.3, -0.25) is 18.6 Å². The van der Waals surface area contributed by atoms with Gasteiger partial charge in [0.1, 0.15) is 19.8 Å². The molecule has 10 heteroatoms. The Morgan fingerprint density at radius 1 is 0.604 bits per heavy atom. The van der Waals surface area contributed by atoms with Gasteiger partial charge in [-0.1, -0.05) is 145 Å². The molecule has 0 saturated carbocycles. The molecule has 0 heterocycles. The molecular formula is C43H77NO8P+. The average Bonchev–Trinajstić information content (AvgIpc) is 3.10. The number of likely N-dealkylation sites (N-methyl/N-ethyl adjacent to an activating group) is 1. The molecule has 0 aromatic heterocycles. The Labute approximate surface area is 324 Å². The summed E-state index contributed by atoms with van der Waals surface area (Å²) in [6.45, 7) is 4.22. The molecule has 0 amide bonds. The Morgan fingerprint density at radius 2 is 1.08 bits per heavy atom. The number of carbonyl (C=O) groups excluding carboxylic acids is 2. The topological polar surface area (TPSA) is 108 Å². The minimum Gasteiger partial charge on any atom is -0.462 e. The summed E-state index contributed by atoms with van der Waals surface area (Å²) in [5.74, 6) is -0.871. The van der Waals surface area contributed by atoms with Crippen molar-refractivity contribution in [3.63, 3.8) is 0 Å². The fourth-order valence-corrected chi connectivity index (χ4v) is 5.85. The van der Waals surface area contributed by atoms with Crippen molar-refractivity contribution in [3.8, 4) is 0 Å². The highest BCUT2D eigenvalue weighted by atomic mass is 31.2. The zero-order valence-corrected chi connectivity index (χ0v) is 35.1. The van der Waals surface area contributed by atoms with E-state index in [0.29, 0.717) is 23.9 Å². The Balaban J connectivity index is 4.52. The molecule has 0 fully saturated rings. The number of unbranched alkanes of at least 4 members (excludes halogenated alkanes) is 12. The van der Waals surface area contributed by atoms with Gasteiger partial charge in [0, 0.05) is 12.8 Å². The maximum absolute atomic E-state index is 12.6. The third kappa shape index (κ3) is 39.2. The number of ether oxygens (including phenoxy) is 2. The maximum Gasteiger partial charge on any atom is 0.472 e. The predicted octanol–water partition coefficient (Wildman–Crippen LogP) is 11.3. The van der Waals surface area contributed by atoms with E-state index in [4.69, 9.17) is 18.5 Å². The number of quaternary nitrogens is 1. The Hall–Kier alpha value is -2.29. The highest BCUT2D eigenvalue weighted by Gasteiger charge is 2.27. The fraction of sp³-hybridized carbons (Fsp3) is 0.721. The number of phosphoric acid groups is 1. The number of rotatable bonds is 36. The van der Waals surface area contributed by atoms with Crippen LogP contribution in [0.5, 0.6) is 0 Å². The summed E-state index contributed by atoms with van der Waals surface area (Å²) < 4.78 is 34.1. The first-order chi connectivity index (χ1) is 25.5. The van der Waals surface area contributed by atoms with Gasteiger partial charge in [-0.2, -0.15) is 0 Å². The zero-order chi connectivity index (χ0) is 39.3. The summed E-state index contributed by atoms with van der Waals surface area (Å²) in [6.07, 6.45) is 41.3. The van der Waals surface area contributed by atoms with E-state index in [1.54, 1.807) is 0 Å². The Morgan fingerprint density at radius 3 is 1.58 bits per heavy atom. The lowest BCUT2D eigenvalue weighted by Crippen LogP contribution is -2.37. The quantitative estimate of drug-likeness (QED) is 0.0221. The molecule has 0 aliphatic rings. The summed E-state index contributed by atoms with van der Waals surface area (Å²) >= 11 is 0. The minimum atomic E-state index is -4.39. The van der Waals surface area contributed by atoms with Crippen molar-refractivity contribution >= 4 is 19.8 Å². The van der Waals surface area contributed by atoms with Crippen LogP contribution in [0, 0.1) is 0 Å². The number of hydrogen-bond acceptors (Lipinski definition) is 7. The second-order valence-corrected chi connectivity index (χ2v) is 16.1. The largest absolute Gasteiger partial charge is 0.472 e. The van der Waals surface area contributed by atoms with Crippen LogP contribution < -0.4 is 0 Å². The van der Waals surface area contributed by atoms with Gasteiger partial charge in [0.25, 0.3) is 0 Å². The Bertz CT molecular complexity index is 1090. The molecule has 0 radical (unpaired) electrons. The van der Waals surface area contributed by atoms with Gasteiger partial charge >= 0.3 is 19.8 Å². The highest BCUT2D eigenvalue weighted by molar-refractivity contribution is 7.47. The van der Waals surface area contributed by atoms with Crippen LogP contribution in [-0.2, 0) is 32.7 Å². The van der Waals surface area contributed by atoms with E-state index in [-0.39, 0.29) is 32.0 Å². The van der Waals surface area contributed by atoms with Crippen molar-refractivity contribution in [3.05, 3.63) is 60.8 Å². The van der Waals surface area contributed by atoms with Gasteiger partial charge in [-0.25, -0.2) is 4.57 Å². The molecule has 2 unspecified atom stereocenters. The van der Waals surface area contributed by atoms with E-state index >= 15 is 0 Å². The molecule has 53 heavy (non-hydrogen) atoms. The molecule has 0 aliphatic carbocycles. The van der Waals surface area contributed by atoms with Crippen molar-refractivity contribution in [2.45, 2.75) is 155 Å². The maximum atomic E-state index is 12.6. The predicted molar refractivity (Wildman–Crippen MR) is 219 cm³/mol. The fourth-order valence-electron chi connectivity index (χ4n) is 5.11. The third-order valence-corrected chi connectivity index (χ3v) is 9.30. The van der Waals surface area contributed by atoms with Crippen molar-refractivity contribution in [1.29, 1.82) is 0 Å². The molecule has 0 aromatic rings. The first-order valence-corrected chi connectivity index (χ1v) is 22.0. The summed E-state index contributed by atoms with van der Waals surface area (Å²) in [6, 6.07) is 0. The van der Waals surface area contributed by atoms with Crippen LogP contribution in [0.25, 0.3) is 0 Å². The van der Waals surface area contributed by atoms with Crippen LogP contribution in [0.1, 0.15) is 149 Å². The van der Waals surface area contributed by atoms with Gasteiger partial charge in [0.2, 0.25) is 0 Å². The van der Waals surface area contributed by atoms with E-state index in [0.717, 1.165) is 51.4 Å². The number of allylic oxidation sites excluding steroid dienone is 10. The molecule has 0 aromatic carbocycles. The van der Waals surface area contributed by atoms with Crippen LogP contribution in [0.15, 0.2) is 60.8 Å². The van der Waals surface area contributed by atoms with Crippen LogP contribution >= 0.6 is 7.82 Å². The smallest absolute Gasteiger partial charge is 0.462 e. The average molecular weight is 767 g/mol. The summed E-state index contributed by atoms with van der Waals surface area (Å²) in [5.41, 5.74) is 0. The minimum absolute atomic E-state index is 0.0194. The van der Waals surface area contributed by atoms with Crippen LogP contribution in [0.2, 0.25) is 0 Å². The monoisotopic (exact) mass is 767 g/mol. The zero-order valence-electron chi connectivity index (χ0n) is 34.2. The molecule has 0 spiro atoms. The third-order valence-electron chi connectivity index (χ3n) is 8.31. The number of phosphoric ester groups is 1. The van der Waals surface area contributed by atoms with E-state index in [1.807, 2.05) is 27.2 Å². The lowest BCUT2D eigenvalue weighted by atomic mass is 10.0. The highest BCUT2D eigenvalue weighted by Crippen LogP contribution is 2.43. The van der Waals surface area contributed by atoms with Gasteiger partial charge in [0.05, 0.1) is 27.7 Å². The number of hydrogen-bond donors (Lipinski definition) is 1. The van der Waals surface area contributed by atoms with Crippen LogP contribution in [0.3, 0.4) is 0 Å². The second kappa shape index (κ2) is 35.4. The molecule has 1 N–H and O–H groups in total. The van der Waals surface area contributed by atoms with Crippen molar-refractivity contribution < 1.29 is 42.1 Å². The standard InChI is InChI=1S/C43H76NO8P/c1-6-8-10-12-14-16-18-20-21-22-23-24-26-28-30-32-34-36-43(46)52-41(40-51-53(47,48)50-38-37-44(3,4)5)39-49-42(45)35-33-31-29-27-25-19-17-15-13-11-9-7-2/h8,10,14,16,20-21,23-24,28,30,41H,6-7,9,11-13,15,17-19,22,25-27,29,31-40H2,1-5H3/p+1/b10-8-,16-14-,21-20-,24-23-,30-28-. The molecular weight excluding hydrogens is 689 g/mol. The first kappa shape index (κ1) is 50.7. The van der Waals surface area contributed by atoms with E-state index in [9.17, 15) is 19.0 Å². The molecule has 0 bridgehead atoms. The van der Waals surface area contributed by atoms with Gasteiger partial charge < -0.3 is 18.9 Å². The summed E-state index contributed by atoms with van der Waals surface area (Å²) in [7, 11) is 1.43. The molecule has 0 aliphatic heterocycles. The van der Waals surface area contributed by atoms with Gasteiger partial charge in [-0.05, 0) is 51.4 Å². The number of nitrogens with zero attached hydrogens (tertiary/aromatic N) is 1. The summed E-state index contributed by atoms with van der Waals surface area (Å²) in [5, 5.41) is 0.